The van der Waals surface area contributed by atoms with E-state index in [2.05, 4.69) is 0 Å². The van der Waals surface area contributed by atoms with Crippen LogP contribution in [0.3, 0.4) is 0 Å². The van der Waals surface area contributed by atoms with Crippen LogP contribution >= 0.6 is 23.4 Å². The topological polar surface area (TPSA) is 34.1 Å². The Morgan fingerprint density at radius 1 is 1.33 bits per heavy atom. The Morgan fingerprint density at radius 3 is 2.60 bits per heavy atom. The summed E-state index contributed by atoms with van der Waals surface area (Å²) in [6, 6.07) is 7.61. The van der Waals surface area contributed by atoms with Crippen LogP contribution in [0.15, 0.2) is 24.3 Å². The summed E-state index contributed by atoms with van der Waals surface area (Å²) in [6.45, 7) is 0. The van der Waals surface area contributed by atoms with Gasteiger partial charge in [0, 0.05) is 22.8 Å². The lowest BCUT2D eigenvalue weighted by Gasteiger charge is -2.03. The van der Waals surface area contributed by atoms with E-state index < -0.39 is 9.84 Å². The van der Waals surface area contributed by atoms with Crippen molar-refractivity contribution in [2.45, 2.75) is 5.75 Å². The van der Waals surface area contributed by atoms with Crippen LogP contribution in [-0.4, -0.2) is 26.2 Å². The van der Waals surface area contributed by atoms with E-state index in [4.69, 9.17) is 11.6 Å². The predicted octanol–water partition coefficient (Wildman–Crippen LogP) is 2.62. The average molecular weight is 265 g/mol. The lowest BCUT2D eigenvalue weighted by molar-refractivity contribution is 0.603. The monoisotopic (exact) mass is 264 g/mol. The minimum absolute atomic E-state index is 0.224. The number of benzene rings is 1. The summed E-state index contributed by atoms with van der Waals surface area (Å²) in [4.78, 5) is 0. The summed E-state index contributed by atoms with van der Waals surface area (Å²) < 4.78 is 21.7. The summed E-state index contributed by atoms with van der Waals surface area (Å²) in [6.07, 6.45) is 1.25. The van der Waals surface area contributed by atoms with Crippen molar-refractivity contribution in [3.63, 3.8) is 0 Å². The van der Waals surface area contributed by atoms with E-state index in [1.165, 1.54) is 6.26 Å². The third-order valence-corrected chi connectivity index (χ3v) is 4.39. The van der Waals surface area contributed by atoms with Gasteiger partial charge in [0.15, 0.2) is 0 Å². The molecular formula is C10H13ClO2S2. The maximum atomic E-state index is 10.9. The number of hydrogen-bond acceptors (Lipinski definition) is 3. The Hall–Kier alpha value is -0.190. The quantitative estimate of drug-likeness (QED) is 0.767. The zero-order valence-electron chi connectivity index (χ0n) is 8.44. The molecule has 0 aliphatic rings. The fourth-order valence-corrected chi connectivity index (χ4v) is 3.59. The molecule has 0 spiro atoms. The van der Waals surface area contributed by atoms with Gasteiger partial charge in [-0.3, -0.25) is 0 Å². The summed E-state index contributed by atoms with van der Waals surface area (Å²) in [7, 11) is -2.84. The van der Waals surface area contributed by atoms with Crippen LogP contribution in [0.1, 0.15) is 5.56 Å². The van der Waals surface area contributed by atoms with Gasteiger partial charge in [0.25, 0.3) is 0 Å². The van der Waals surface area contributed by atoms with Crippen molar-refractivity contribution in [3.05, 3.63) is 34.9 Å². The van der Waals surface area contributed by atoms with Gasteiger partial charge in [-0.25, -0.2) is 8.42 Å². The maximum absolute atomic E-state index is 10.9. The molecule has 0 N–H and O–H groups in total. The molecule has 15 heavy (non-hydrogen) atoms. The first-order chi connectivity index (χ1) is 6.99. The number of thioether (sulfide) groups is 1. The molecule has 0 fully saturated rings. The molecule has 0 radical (unpaired) electrons. The first-order valence-corrected chi connectivity index (χ1v) is 8.07. The highest BCUT2D eigenvalue weighted by Gasteiger charge is 2.03. The summed E-state index contributed by atoms with van der Waals surface area (Å²) in [5.74, 6) is 1.60. The van der Waals surface area contributed by atoms with E-state index in [0.29, 0.717) is 5.75 Å². The van der Waals surface area contributed by atoms with Crippen LogP contribution in [0.25, 0.3) is 0 Å². The average Bonchev–Trinajstić information content (AvgIpc) is 2.13. The lowest BCUT2D eigenvalue weighted by atomic mass is 10.2. The fourth-order valence-electron chi connectivity index (χ4n) is 1.01. The molecule has 0 heterocycles. The van der Waals surface area contributed by atoms with Crippen LogP contribution < -0.4 is 0 Å². The lowest BCUT2D eigenvalue weighted by Crippen LogP contribution is -2.05. The molecule has 1 aromatic carbocycles. The van der Waals surface area contributed by atoms with Crippen LogP contribution in [0.5, 0.6) is 0 Å². The number of hydrogen-bond donors (Lipinski definition) is 0. The molecule has 1 rings (SSSR count). The van der Waals surface area contributed by atoms with Gasteiger partial charge in [-0.15, -0.1) is 0 Å². The van der Waals surface area contributed by atoms with Crippen molar-refractivity contribution in [2.75, 3.05) is 17.8 Å². The fraction of sp³-hybridized carbons (Fsp3) is 0.400. The smallest absolute Gasteiger partial charge is 0.148 e. The van der Waals surface area contributed by atoms with Gasteiger partial charge in [0.05, 0.1) is 5.75 Å². The van der Waals surface area contributed by atoms with Gasteiger partial charge < -0.3 is 0 Å². The number of halogens is 1. The molecule has 0 aromatic heterocycles. The predicted molar refractivity (Wildman–Crippen MR) is 67.3 cm³/mol. The van der Waals surface area contributed by atoms with E-state index in [1.807, 2.05) is 24.3 Å². The Labute approximate surface area is 99.9 Å². The molecule has 0 saturated carbocycles. The first kappa shape index (κ1) is 12.9. The first-order valence-electron chi connectivity index (χ1n) is 4.48. The molecule has 0 saturated heterocycles. The zero-order valence-corrected chi connectivity index (χ0v) is 10.8. The second-order valence-corrected chi connectivity index (χ2v) is 7.05. The molecule has 5 heteroatoms. The van der Waals surface area contributed by atoms with Crippen molar-refractivity contribution in [1.29, 1.82) is 0 Å². The van der Waals surface area contributed by atoms with E-state index in [9.17, 15) is 8.42 Å². The molecule has 0 bridgehead atoms. The van der Waals surface area contributed by atoms with Gasteiger partial charge in [0.2, 0.25) is 0 Å². The molecule has 2 nitrogen and oxygen atoms in total. The third kappa shape index (κ3) is 5.44. The minimum Gasteiger partial charge on any atom is -0.229 e. The highest BCUT2D eigenvalue weighted by atomic mass is 35.5. The van der Waals surface area contributed by atoms with E-state index in [0.717, 1.165) is 16.3 Å². The van der Waals surface area contributed by atoms with Crippen molar-refractivity contribution >= 4 is 33.2 Å². The molecule has 0 aliphatic carbocycles. The molecule has 0 amide bonds. The summed E-state index contributed by atoms with van der Waals surface area (Å²) >= 11 is 7.55. The molecule has 0 aliphatic heterocycles. The highest BCUT2D eigenvalue weighted by molar-refractivity contribution is 7.99. The van der Waals surface area contributed by atoms with Crippen LogP contribution in [0, 0.1) is 0 Å². The SMILES string of the molecule is CS(=O)(=O)CCSCc1ccccc1Cl. The zero-order chi connectivity index (χ0) is 11.3. The second-order valence-electron chi connectivity index (χ2n) is 3.27. The highest BCUT2D eigenvalue weighted by Crippen LogP contribution is 2.20. The molecular weight excluding hydrogens is 252 g/mol. The Kier molecular flexibility index (Phi) is 4.96. The Balaban J connectivity index is 2.36. The Morgan fingerprint density at radius 2 is 2.00 bits per heavy atom. The van der Waals surface area contributed by atoms with E-state index in [-0.39, 0.29) is 5.75 Å². The van der Waals surface area contributed by atoms with E-state index >= 15 is 0 Å². The Bertz CT molecular complexity index is 415. The van der Waals surface area contributed by atoms with Crippen LogP contribution in [0.2, 0.25) is 5.02 Å². The number of sulfone groups is 1. The van der Waals surface area contributed by atoms with Crippen molar-refractivity contribution in [3.8, 4) is 0 Å². The summed E-state index contributed by atoms with van der Waals surface area (Å²) in [5, 5.41) is 0.740. The van der Waals surface area contributed by atoms with Gasteiger partial charge in [-0.05, 0) is 11.6 Å². The molecule has 0 unspecified atom stereocenters. The third-order valence-electron chi connectivity index (χ3n) is 1.81. The normalized spacial score (nSPS) is 11.6. The largest absolute Gasteiger partial charge is 0.229 e. The van der Waals surface area contributed by atoms with Crippen molar-refractivity contribution in [1.82, 2.24) is 0 Å². The van der Waals surface area contributed by atoms with E-state index in [1.54, 1.807) is 11.8 Å². The molecule has 0 atom stereocenters. The van der Waals surface area contributed by atoms with Gasteiger partial charge in [-0.2, -0.15) is 11.8 Å². The van der Waals surface area contributed by atoms with Crippen LogP contribution in [0.4, 0.5) is 0 Å². The number of rotatable bonds is 5. The molecule has 84 valence electrons. The summed E-state index contributed by atoms with van der Waals surface area (Å²) in [5.41, 5.74) is 1.05. The minimum atomic E-state index is -2.84. The van der Waals surface area contributed by atoms with Gasteiger partial charge >= 0.3 is 0 Å². The standard InChI is InChI=1S/C10H13ClO2S2/c1-15(12,13)7-6-14-8-9-4-2-3-5-10(9)11/h2-5H,6-8H2,1H3. The maximum Gasteiger partial charge on any atom is 0.148 e. The molecule has 1 aromatic rings. The van der Waals surface area contributed by atoms with Gasteiger partial charge in [-0.1, -0.05) is 29.8 Å². The second kappa shape index (κ2) is 5.77. The van der Waals surface area contributed by atoms with Crippen LogP contribution in [-0.2, 0) is 15.6 Å². The van der Waals surface area contributed by atoms with Crippen molar-refractivity contribution < 1.29 is 8.42 Å². The van der Waals surface area contributed by atoms with Crippen molar-refractivity contribution in [2.24, 2.45) is 0 Å². The van der Waals surface area contributed by atoms with Gasteiger partial charge in [0.1, 0.15) is 9.84 Å².